The highest BCUT2D eigenvalue weighted by Crippen LogP contribution is 2.15. The third-order valence-electron chi connectivity index (χ3n) is 3.04. The monoisotopic (exact) mass is 226 g/mol. The van der Waals surface area contributed by atoms with Crippen molar-refractivity contribution in [3.05, 3.63) is 0 Å². The number of amides is 1. The van der Waals surface area contributed by atoms with Crippen LogP contribution in [0.2, 0.25) is 0 Å². The van der Waals surface area contributed by atoms with Gasteiger partial charge in [0.15, 0.2) is 0 Å². The molecule has 2 atom stereocenters. The molecule has 4 heteroatoms. The summed E-state index contributed by atoms with van der Waals surface area (Å²) >= 11 is 0. The summed E-state index contributed by atoms with van der Waals surface area (Å²) in [6.45, 7) is 5.06. The highest BCUT2D eigenvalue weighted by molar-refractivity contribution is 5.84. The number of likely N-dealkylation sites (N-methyl/N-ethyl adjacent to an activating group) is 1. The maximum absolute atomic E-state index is 11.9. The molecule has 0 spiro atoms. The van der Waals surface area contributed by atoms with E-state index in [2.05, 4.69) is 5.32 Å². The van der Waals surface area contributed by atoms with Crippen molar-refractivity contribution in [1.29, 1.82) is 0 Å². The fourth-order valence-electron chi connectivity index (χ4n) is 2.18. The van der Waals surface area contributed by atoms with E-state index in [1.54, 1.807) is 0 Å². The number of carbonyl (C=O) groups is 2. The molecule has 92 valence electrons. The van der Waals surface area contributed by atoms with Gasteiger partial charge in [0.2, 0.25) is 5.91 Å². The molecule has 1 aliphatic heterocycles. The fraction of sp³-hybridized carbons (Fsp3) is 0.833. The zero-order valence-electron chi connectivity index (χ0n) is 10.4. The Labute approximate surface area is 97.4 Å². The molecule has 0 bridgehead atoms. The smallest absolute Gasteiger partial charge is 0.237 e. The van der Waals surface area contributed by atoms with Crippen LogP contribution < -0.4 is 5.32 Å². The van der Waals surface area contributed by atoms with Crippen LogP contribution in [-0.2, 0) is 9.59 Å². The number of nitrogens with zero attached hydrogens (tertiary/aromatic N) is 1. The van der Waals surface area contributed by atoms with E-state index in [-0.39, 0.29) is 18.0 Å². The average Bonchev–Trinajstić information content (AvgIpc) is 2.62. The van der Waals surface area contributed by atoms with Gasteiger partial charge in [0, 0.05) is 0 Å². The Balaban J connectivity index is 2.45. The molecule has 1 amide bonds. The molecule has 1 saturated heterocycles. The fourth-order valence-corrected chi connectivity index (χ4v) is 2.18. The van der Waals surface area contributed by atoms with Crippen molar-refractivity contribution in [3.63, 3.8) is 0 Å². The number of carbonyl (C=O) groups excluding carboxylic acids is 2. The third-order valence-corrected chi connectivity index (χ3v) is 3.04. The molecule has 0 unspecified atom stereocenters. The van der Waals surface area contributed by atoms with Gasteiger partial charge in [-0.05, 0) is 38.8 Å². The molecule has 0 saturated carbocycles. The molecule has 0 aromatic carbocycles. The highest BCUT2D eigenvalue weighted by atomic mass is 16.2. The first-order valence-corrected chi connectivity index (χ1v) is 6.00. The molecule has 0 aliphatic carbocycles. The van der Waals surface area contributed by atoms with Gasteiger partial charge in [-0.25, -0.2) is 0 Å². The van der Waals surface area contributed by atoms with Crippen LogP contribution in [0, 0.1) is 5.92 Å². The van der Waals surface area contributed by atoms with Crippen LogP contribution in [0.1, 0.15) is 33.1 Å². The van der Waals surface area contributed by atoms with Gasteiger partial charge < -0.3 is 10.1 Å². The first-order chi connectivity index (χ1) is 7.54. The minimum atomic E-state index is -0.332. The second-order valence-electron chi connectivity index (χ2n) is 5.02. The summed E-state index contributed by atoms with van der Waals surface area (Å²) in [7, 11) is 1.95. The lowest BCUT2D eigenvalue weighted by Gasteiger charge is -2.21. The van der Waals surface area contributed by atoms with Crippen molar-refractivity contribution in [2.45, 2.75) is 45.2 Å². The Bertz CT molecular complexity index is 253. The predicted octanol–water partition coefficient (Wildman–Crippen LogP) is 0.810. The summed E-state index contributed by atoms with van der Waals surface area (Å²) in [6.07, 6.45) is 3.51. The van der Waals surface area contributed by atoms with Gasteiger partial charge in [0.1, 0.15) is 6.29 Å². The first-order valence-electron chi connectivity index (χ1n) is 6.00. The molecule has 0 radical (unpaired) electrons. The van der Waals surface area contributed by atoms with Gasteiger partial charge in [0.05, 0.1) is 12.1 Å². The zero-order chi connectivity index (χ0) is 12.1. The maximum Gasteiger partial charge on any atom is 0.237 e. The summed E-state index contributed by atoms with van der Waals surface area (Å²) < 4.78 is 0. The van der Waals surface area contributed by atoms with Crippen molar-refractivity contribution in [2.24, 2.45) is 5.92 Å². The number of hydrogen-bond acceptors (Lipinski definition) is 3. The van der Waals surface area contributed by atoms with E-state index in [0.29, 0.717) is 12.3 Å². The van der Waals surface area contributed by atoms with Gasteiger partial charge in [-0.15, -0.1) is 0 Å². The quantitative estimate of drug-likeness (QED) is 0.706. The van der Waals surface area contributed by atoms with Crippen LogP contribution in [0.25, 0.3) is 0 Å². The number of rotatable bonds is 5. The second-order valence-corrected chi connectivity index (χ2v) is 5.02. The summed E-state index contributed by atoms with van der Waals surface area (Å²) in [6, 6.07) is -0.379. The number of aldehydes is 1. The average molecular weight is 226 g/mol. The highest BCUT2D eigenvalue weighted by Gasteiger charge is 2.28. The normalized spacial score (nSPS) is 23.4. The van der Waals surface area contributed by atoms with Gasteiger partial charge >= 0.3 is 0 Å². The number of hydrogen-bond donors (Lipinski definition) is 1. The lowest BCUT2D eigenvalue weighted by molar-refractivity contribution is -0.127. The minimum absolute atomic E-state index is 0.00208. The van der Waals surface area contributed by atoms with E-state index in [1.165, 1.54) is 0 Å². The molecule has 0 aromatic rings. The third kappa shape index (κ3) is 3.59. The molecule has 1 aliphatic rings. The molecule has 0 aromatic heterocycles. The van der Waals surface area contributed by atoms with Crippen molar-refractivity contribution < 1.29 is 9.59 Å². The van der Waals surface area contributed by atoms with E-state index >= 15 is 0 Å². The number of likely N-dealkylation sites (tertiary alicyclic amines) is 1. The SMILES string of the molecule is CC(C)C[C@@H](C=O)NC(=O)[C@H]1CCCN1C. The van der Waals surface area contributed by atoms with E-state index in [9.17, 15) is 9.59 Å². The van der Waals surface area contributed by atoms with E-state index in [1.807, 2.05) is 25.8 Å². The molecule has 4 nitrogen and oxygen atoms in total. The van der Waals surface area contributed by atoms with E-state index < -0.39 is 0 Å². The molecular weight excluding hydrogens is 204 g/mol. The van der Waals surface area contributed by atoms with Crippen LogP contribution in [-0.4, -0.2) is 42.8 Å². The summed E-state index contributed by atoms with van der Waals surface area (Å²) in [5.74, 6) is 0.412. The van der Waals surface area contributed by atoms with E-state index in [0.717, 1.165) is 25.7 Å². The Hall–Kier alpha value is -0.900. The van der Waals surface area contributed by atoms with Crippen molar-refractivity contribution in [1.82, 2.24) is 10.2 Å². The largest absolute Gasteiger partial charge is 0.345 e. The van der Waals surface area contributed by atoms with Crippen LogP contribution in [0.3, 0.4) is 0 Å². The van der Waals surface area contributed by atoms with Crippen LogP contribution in [0.5, 0.6) is 0 Å². The van der Waals surface area contributed by atoms with Gasteiger partial charge in [-0.3, -0.25) is 9.69 Å². The van der Waals surface area contributed by atoms with Gasteiger partial charge in [0.25, 0.3) is 0 Å². The summed E-state index contributed by atoms with van der Waals surface area (Å²) in [4.78, 5) is 24.8. The summed E-state index contributed by atoms with van der Waals surface area (Å²) in [5.41, 5.74) is 0. The van der Waals surface area contributed by atoms with Crippen molar-refractivity contribution in [2.75, 3.05) is 13.6 Å². The van der Waals surface area contributed by atoms with Crippen molar-refractivity contribution in [3.8, 4) is 0 Å². The Morgan fingerprint density at radius 1 is 1.56 bits per heavy atom. The van der Waals surface area contributed by atoms with Crippen LogP contribution in [0.15, 0.2) is 0 Å². The van der Waals surface area contributed by atoms with Gasteiger partial charge in [-0.1, -0.05) is 13.8 Å². The molecular formula is C12H22N2O2. The Kier molecular flexibility index (Phi) is 4.93. The Morgan fingerprint density at radius 3 is 2.69 bits per heavy atom. The lowest BCUT2D eigenvalue weighted by atomic mass is 10.0. The molecule has 1 fully saturated rings. The lowest BCUT2D eigenvalue weighted by Crippen LogP contribution is -2.46. The molecule has 16 heavy (non-hydrogen) atoms. The Morgan fingerprint density at radius 2 is 2.25 bits per heavy atom. The number of nitrogens with one attached hydrogen (secondary N) is 1. The zero-order valence-corrected chi connectivity index (χ0v) is 10.4. The van der Waals surface area contributed by atoms with E-state index in [4.69, 9.17) is 0 Å². The van der Waals surface area contributed by atoms with Crippen LogP contribution in [0.4, 0.5) is 0 Å². The minimum Gasteiger partial charge on any atom is -0.345 e. The van der Waals surface area contributed by atoms with Crippen LogP contribution >= 0.6 is 0 Å². The summed E-state index contributed by atoms with van der Waals surface area (Å²) in [5, 5.41) is 2.82. The molecule has 1 rings (SSSR count). The maximum atomic E-state index is 11.9. The first kappa shape index (κ1) is 13.2. The standard InChI is InChI=1S/C12H22N2O2/c1-9(2)7-10(8-15)13-12(16)11-5-4-6-14(11)3/h8-11H,4-7H2,1-3H3,(H,13,16)/t10-,11+/m0/s1. The molecule has 1 heterocycles. The van der Waals surface area contributed by atoms with Gasteiger partial charge in [-0.2, -0.15) is 0 Å². The topological polar surface area (TPSA) is 49.4 Å². The second kappa shape index (κ2) is 5.99. The predicted molar refractivity (Wildman–Crippen MR) is 63.1 cm³/mol. The van der Waals surface area contributed by atoms with Crippen molar-refractivity contribution >= 4 is 12.2 Å². The molecule has 1 N–H and O–H groups in total.